The lowest BCUT2D eigenvalue weighted by Gasteiger charge is -2.16. The van der Waals surface area contributed by atoms with Gasteiger partial charge >= 0.3 is 0 Å². The third-order valence-corrected chi connectivity index (χ3v) is 4.40. The van der Waals surface area contributed by atoms with Crippen molar-refractivity contribution in [3.63, 3.8) is 0 Å². The molecule has 1 aromatic heterocycles. The highest BCUT2D eigenvalue weighted by atomic mass is 32.2. The minimum Gasteiger partial charge on any atom is -0.299 e. The average Bonchev–Trinajstić information content (AvgIpc) is 3.00. The zero-order valence-electron chi connectivity index (χ0n) is 9.24. The summed E-state index contributed by atoms with van der Waals surface area (Å²) >= 11 is 3.61. The van der Waals surface area contributed by atoms with Crippen LogP contribution in [0.5, 0.6) is 0 Å². The van der Waals surface area contributed by atoms with E-state index >= 15 is 0 Å². The SMILES string of the molecule is c1cncc(N=C2SCCN2C2=NCCS2)c1. The lowest BCUT2D eigenvalue weighted by atomic mass is 10.4. The fourth-order valence-electron chi connectivity index (χ4n) is 1.69. The van der Waals surface area contributed by atoms with Gasteiger partial charge in [0.2, 0.25) is 0 Å². The van der Waals surface area contributed by atoms with Gasteiger partial charge in [-0.15, -0.1) is 0 Å². The van der Waals surface area contributed by atoms with Gasteiger partial charge in [-0.3, -0.25) is 14.9 Å². The zero-order valence-corrected chi connectivity index (χ0v) is 10.9. The van der Waals surface area contributed by atoms with Crippen molar-refractivity contribution in [2.75, 3.05) is 24.6 Å². The van der Waals surface area contributed by atoms with E-state index in [1.807, 2.05) is 23.9 Å². The highest BCUT2D eigenvalue weighted by Gasteiger charge is 2.26. The molecule has 0 amide bonds. The Labute approximate surface area is 109 Å². The third kappa shape index (κ3) is 2.47. The summed E-state index contributed by atoms with van der Waals surface area (Å²) in [5.41, 5.74) is 0.908. The normalized spacial score (nSPS) is 22.2. The first kappa shape index (κ1) is 11.1. The predicted octanol–water partition coefficient (Wildman–Crippen LogP) is 2.22. The molecule has 4 nitrogen and oxygen atoms in total. The van der Waals surface area contributed by atoms with Gasteiger partial charge < -0.3 is 0 Å². The van der Waals surface area contributed by atoms with Gasteiger partial charge in [0.15, 0.2) is 10.3 Å². The molecule has 88 valence electrons. The van der Waals surface area contributed by atoms with Crippen LogP contribution in [-0.4, -0.2) is 44.8 Å². The van der Waals surface area contributed by atoms with E-state index in [1.54, 1.807) is 24.2 Å². The molecule has 1 saturated heterocycles. The van der Waals surface area contributed by atoms with Crippen molar-refractivity contribution in [3.8, 4) is 0 Å². The Morgan fingerprint density at radius 3 is 3.06 bits per heavy atom. The highest BCUT2D eigenvalue weighted by Crippen LogP contribution is 2.27. The Bertz CT molecular complexity index is 458. The maximum absolute atomic E-state index is 4.63. The third-order valence-electron chi connectivity index (χ3n) is 2.45. The molecule has 0 bridgehead atoms. The number of pyridine rings is 1. The van der Waals surface area contributed by atoms with E-state index in [0.29, 0.717) is 0 Å². The van der Waals surface area contributed by atoms with Crippen molar-refractivity contribution in [3.05, 3.63) is 24.5 Å². The van der Waals surface area contributed by atoms with Gasteiger partial charge in [0.1, 0.15) is 0 Å². The van der Waals surface area contributed by atoms with E-state index in [2.05, 4.69) is 19.9 Å². The van der Waals surface area contributed by atoms with Crippen LogP contribution in [0.25, 0.3) is 0 Å². The van der Waals surface area contributed by atoms with E-state index in [4.69, 9.17) is 0 Å². The summed E-state index contributed by atoms with van der Waals surface area (Å²) in [5, 5.41) is 2.17. The first-order valence-corrected chi connectivity index (χ1v) is 7.47. The van der Waals surface area contributed by atoms with Gasteiger partial charge in [0.05, 0.1) is 18.4 Å². The molecule has 0 N–H and O–H groups in total. The summed E-state index contributed by atoms with van der Waals surface area (Å²) in [5.74, 6) is 2.18. The maximum Gasteiger partial charge on any atom is 0.170 e. The fraction of sp³-hybridized carbons (Fsp3) is 0.364. The first-order valence-electron chi connectivity index (χ1n) is 5.50. The Kier molecular flexibility index (Phi) is 3.33. The van der Waals surface area contributed by atoms with Crippen LogP contribution in [0.2, 0.25) is 0 Å². The Hall–Kier alpha value is -1.01. The summed E-state index contributed by atoms with van der Waals surface area (Å²) in [4.78, 5) is 15.4. The molecule has 1 fully saturated rings. The Morgan fingerprint density at radius 2 is 2.29 bits per heavy atom. The summed E-state index contributed by atoms with van der Waals surface area (Å²) < 4.78 is 0. The van der Waals surface area contributed by atoms with Gasteiger partial charge in [0.25, 0.3) is 0 Å². The first-order chi connectivity index (χ1) is 8.43. The van der Waals surface area contributed by atoms with Crippen LogP contribution in [0, 0.1) is 0 Å². The fourth-order valence-corrected chi connectivity index (χ4v) is 3.59. The smallest absolute Gasteiger partial charge is 0.170 e. The quantitative estimate of drug-likeness (QED) is 0.780. The molecule has 0 saturated carbocycles. The van der Waals surface area contributed by atoms with Gasteiger partial charge in [-0.05, 0) is 12.1 Å². The maximum atomic E-state index is 4.63. The van der Waals surface area contributed by atoms with E-state index in [1.165, 1.54) is 0 Å². The minimum atomic E-state index is 0.908. The second-order valence-electron chi connectivity index (χ2n) is 3.62. The van der Waals surface area contributed by atoms with Gasteiger partial charge in [-0.25, -0.2) is 4.99 Å². The topological polar surface area (TPSA) is 40.9 Å². The molecule has 2 aliphatic heterocycles. The summed E-state index contributed by atoms with van der Waals surface area (Å²) in [7, 11) is 0. The van der Waals surface area contributed by atoms with Crippen LogP contribution in [-0.2, 0) is 0 Å². The monoisotopic (exact) mass is 264 g/mol. The number of aliphatic imine (C=N–C) groups is 2. The highest BCUT2D eigenvalue weighted by molar-refractivity contribution is 8.16. The molecule has 17 heavy (non-hydrogen) atoms. The van der Waals surface area contributed by atoms with Crippen LogP contribution in [0.3, 0.4) is 0 Å². The van der Waals surface area contributed by atoms with Crippen molar-refractivity contribution in [2.45, 2.75) is 0 Å². The molecule has 3 heterocycles. The summed E-state index contributed by atoms with van der Waals surface area (Å²) in [6.45, 7) is 1.94. The van der Waals surface area contributed by atoms with Crippen molar-refractivity contribution in [1.82, 2.24) is 9.88 Å². The van der Waals surface area contributed by atoms with E-state index < -0.39 is 0 Å². The van der Waals surface area contributed by atoms with Crippen LogP contribution >= 0.6 is 23.5 Å². The van der Waals surface area contributed by atoms with Crippen LogP contribution in [0.4, 0.5) is 5.69 Å². The molecule has 0 aromatic carbocycles. The average molecular weight is 264 g/mol. The number of hydrogen-bond donors (Lipinski definition) is 0. The summed E-state index contributed by atoms with van der Waals surface area (Å²) in [6, 6.07) is 3.88. The molecule has 3 rings (SSSR count). The van der Waals surface area contributed by atoms with Gasteiger partial charge in [-0.2, -0.15) is 0 Å². The van der Waals surface area contributed by atoms with E-state index in [-0.39, 0.29) is 0 Å². The predicted molar refractivity (Wildman–Crippen MR) is 75.3 cm³/mol. The minimum absolute atomic E-state index is 0.908. The Balaban J connectivity index is 1.84. The number of rotatable bonds is 1. The molecular weight excluding hydrogens is 252 g/mol. The number of thioether (sulfide) groups is 2. The molecule has 0 radical (unpaired) electrons. The summed E-state index contributed by atoms with van der Waals surface area (Å²) in [6.07, 6.45) is 3.55. The van der Waals surface area contributed by atoms with E-state index in [0.717, 1.165) is 40.6 Å². The van der Waals surface area contributed by atoms with Crippen molar-refractivity contribution < 1.29 is 0 Å². The standard InChI is InChI=1S/C11H12N4S2/c1-2-9(8-12-3-1)14-11-15(5-7-17-11)10-13-4-6-16-10/h1-3,8H,4-7H2. The van der Waals surface area contributed by atoms with Crippen LogP contribution in [0.15, 0.2) is 34.5 Å². The molecule has 6 heteroatoms. The lowest BCUT2D eigenvalue weighted by molar-refractivity contribution is 0.688. The number of nitrogens with zero attached hydrogens (tertiary/aromatic N) is 4. The lowest BCUT2D eigenvalue weighted by Crippen LogP contribution is -2.28. The largest absolute Gasteiger partial charge is 0.299 e. The molecule has 0 atom stereocenters. The molecule has 0 spiro atoms. The Morgan fingerprint density at radius 1 is 1.29 bits per heavy atom. The molecule has 2 aliphatic rings. The van der Waals surface area contributed by atoms with Crippen LogP contribution < -0.4 is 0 Å². The molecular formula is C11H12N4S2. The van der Waals surface area contributed by atoms with Gasteiger partial charge in [-0.1, -0.05) is 23.5 Å². The molecule has 0 aliphatic carbocycles. The second kappa shape index (κ2) is 5.10. The van der Waals surface area contributed by atoms with Gasteiger partial charge in [0, 0.05) is 24.2 Å². The van der Waals surface area contributed by atoms with Crippen LogP contribution in [0.1, 0.15) is 0 Å². The second-order valence-corrected chi connectivity index (χ2v) is 5.74. The zero-order chi connectivity index (χ0) is 11.5. The van der Waals surface area contributed by atoms with Crippen molar-refractivity contribution in [2.24, 2.45) is 9.98 Å². The molecule has 1 aromatic rings. The number of hydrogen-bond acceptors (Lipinski definition) is 5. The van der Waals surface area contributed by atoms with Crippen molar-refractivity contribution in [1.29, 1.82) is 0 Å². The van der Waals surface area contributed by atoms with Crippen molar-refractivity contribution >= 4 is 39.5 Å². The molecule has 0 unspecified atom stereocenters. The van der Waals surface area contributed by atoms with E-state index in [9.17, 15) is 0 Å². The number of amidine groups is 2. The number of aromatic nitrogens is 1.